The van der Waals surface area contributed by atoms with Gasteiger partial charge in [0.2, 0.25) is 6.29 Å². The summed E-state index contributed by atoms with van der Waals surface area (Å²) in [7, 11) is 0. The van der Waals surface area contributed by atoms with Gasteiger partial charge >= 0.3 is 0 Å². The molecule has 1 aliphatic heterocycles. The third-order valence-electron chi connectivity index (χ3n) is 4.80. The van der Waals surface area contributed by atoms with Gasteiger partial charge in [0.25, 0.3) is 5.91 Å². The van der Waals surface area contributed by atoms with E-state index in [0.29, 0.717) is 19.4 Å². The van der Waals surface area contributed by atoms with Crippen molar-refractivity contribution in [3.05, 3.63) is 47.5 Å². The Hall–Kier alpha value is -1.92. The van der Waals surface area contributed by atoms with Gasteiger partial charge in [-0.25, -0.2) is 4.39 Å². The fraction of sp³-hybridized carbons (Fsp3) is 0.550. The molecule has 2 aliphatic rings. The first-order chi connectivity index (χ1) is 12.6. The molecule has 1 aliphatic carbocycles. The highest BCUT2D eigenvalue weighted by Gasteiger charge is 2.38. The second-order valence-corrected chi connectivity index (χ2v) is 6.83. The molecule has 26 heavy (non-hydrogen) atoms. The summed E-state index contributed by atoms with van der Waals surface area (Å²) < 4.78 is 25.0. The van der Waals surface area contributed by atoms with Crippen molar-refractivity contribution in [3.8, 4) is 0 Å². The van der Waals surface area contributed by atoms with Crippen LogP contribution in [0.25, 0.3) is 0 Å². The summed E-state index contributed by atoms with van der Waals surface area (Å²) >= 11 is 0. The summed E-state index contributed by atoms with van der Waals surface area (Å²) in [4.78, 5) is 12.5. The molecule has 1 heterocycles. The monoisotopic (exact) mass is 363 g/mol. The van der Waals surface area contributed by atoms with E-state index < -0.39 is 6.29 Å². The molecule has 5 nitrogen and oxygen atoms in total. The lowest BCUT2D eigenvalue weighted by Gasteiger charge is -2.37. The first-order valence-corrected chi connectivity index (χ1v) is 9.29. The van der Waals surface area contributed by atoms with Crippen LogP contribution in [-0.2, 0) is 14.3 Å². The number of hydrogen-bond acceptors (Lipinski definition) is 4. The molecular weight excluding hydrogens is 337 g/mol. The normalized spacial score (nSPS) is 25.3. The van der Waals surface area contributed by atoms with E-state index in [-0.39, 0.29) is 42.0 Å². The summed E-state index contributed by atoms with van der Waals surface area (Å²) in [5, 5.41) is 12.2. The molecule has 142 valence electrons. The molecule has 1 aromatic rings. The van der Waals surface area contributed by atoms with Gasteiger partial charge in [-0.3, -0.25) is 4.79 Å². The zero-order chi connectivity index (χ0) is 18.5. The second kappa shape index (κ2) is 8.64. The van der Waals surface area contributed by atoms with E-state index >= 15 is 0 Å². The highest BCUT2D eigenvalue weighted by Crippen LogP contribution is 2.39. The Balaban J connectivity index is 1.90. The molecule has 3 atom stereocenters. The summed E-state index contributed by atoms with van der Waals surface area (Å²) in [6, 6.07) is 6.53. The third-order valence-corrected chi connectivity index (χ3v) is 4.80. The van der Waals surface area contributed by atoms with Gasteiger partial charge in [0.15, 0.2) is 5.76 Å². The number of nitrogens with one attached hydrogen (secondary N) is 1. The van der Waals surface area contributed by atoms with Crippen molar-refractivity contribution in [2.45, 2.75) is 50.9 Å². The Morgan fingerprint density at radius 1 is 1.35 bits per heavy atom. The van der Waals surface area contributed by atoms with Crippen LogP contribution in [0.2, 0.25) is 0 Å². The number of hydrogen-bond donors (Lipinski definition) is 2. The van der Waals surface area contributed by atoms with Gasteiger partial charge in [0.05, 0.1) is 0 Å². The molecule has 0 unspecified atom stereocenters. The smallest absolute Gasteiger partial charge is 0.286 e. The van der Waals surface area contributed by atoms with E-state index in [1.807, 2.05) is 13.0 Å². The topological polar surface area (TPSA) is 67.8 Å². The SMILES string of the molecule is CCO[C@@H]1OC(C(=O)NC2CC2)=C[C@H](c2ccc(F)cc2)[C@@H]1CCCO. The highest BCUT2D eigenvalue weighted by atomic mass is 19.1. The molecule has 0 bridgehead atoms. The van der Waals surface area contributed by atoms with Gasteiger partial charge in [0.1, 0.15) is 5.82 Å². The Morgan fingerprint density at radius 3 is 2.69 bits per heavy atom. The first kappa shape index (κ1) is 18.9. The first-order valence-electron chi connectivity index (χ1n) is 9.29. The van der Waals surface area contributed by atoms with Crippen molar-refractivity contribution in [1.82, 2.24) is 5.32 Å². The molecule has 0 saturated heterocycles. The van der Waals surface area contributed by atoms with Crippen LogP contribution in [0.1, 0.15) is 44.1 Å². The maximum absolute atomic E-state index is 13.3. The van der Waals surface area contributed by atoms with Gasteiger partial charge in [-0.05, 0) is 56.4 Å². The fourth-order valence-electron chi connectivity index (χ4n) is 3.31. The van der Waals surface area contributed by atoms with Crippen LogP contribution in [0.4, 0.5) is 4.39 Å². The fourth-order valence-corrected chi connectivity index (χ4v) is 3.31. The van der Waals surface area contributed by atoms with Gasteiger partial charge in [-0.2, -0.15) is 0 Å². The Labute approximate surface area is 153 Å². The number of ether oxygens (including phenoxy) is 2. The van der Waals surface area contributed by atoms with E-state index in [0.717, 1.165) is 18.4 Å². The molecule has 2 N–H and O–H groups in total. The Bertz CT molecular complexity index is 642. The summed E-state index contributed by atoms with van der Waals surface area (Å²) in [5.41, 5.74) is 0.902. The molecule has 1 saturated carbocycles. The third kappa shape index (κ3) is 4.62. The molecule has 6 heteroatoms. The molecule has 1 amide bonds. The van der Waals surface area contributed by atoms with Crippen molar-refractivity contribution < 1.29 is 23.8 Å². The standard InChI is InChI=1S/C20H26FNO4/c1-2-25-20-16(4-3-11-23)17(13-5-7-14(21)8-6-13)12-18(26-20)19(24)22-15-9-10-15/h5-8,12,15-17,20,23H,2-4,9-11H2,1H3,(H,22,24)/t16-,17+,20+/m0/s1. The molecule has 1 fully saturated rings. The van der Waals surface area contributed by atoms with E-state index in [9.17, 15) is 14.3 Å². The van der Waals surface area contributed by atoms with Crippen molar-refractivity contribution >= 4 is 5.91 Å². The zero-order valence-electron chi connectivity index (χ0n) is 15.0. The molecular formula is C20H26FNO4. The van der Waals surface area contributed by atoms with E-state index in [2.05, 4.69) is 5.32 Å². The van der Waals surface area contributed by atoms with Crippen LogP contribution in [0.3, 0.4) is 0 Å². The quantitative estimate of drug-likeness (QED) is 0.745. The van der Waals surface area contributed by atoms with Crippen molar-refractivity contribution in [2.24, 2.45) is 5.92 Å². The minimum Gasteiger partial charge on any atom is -0.459 e. The summed E-state index contributed by atoms with van der Waals surface area (Å²) in [6.45, 7) is 2.40. The number of carbonyl (C=O) groups is 1. The lowest BCUT2D eigenvalue weighted by molar-refractivity contribution is -0.166. The summed E-state index contributed by atoms with van der Waals surface area (Å²) in [5.74, 6) is -0.489. The number of halogens is 1. The summed E-state index contributed by atoms with van der Waals surface area (Å²) in [6.07, 6.45) is 4.50. The lowest BCUT2D eigenvalue weighted by atomic mass is 9.80. The number of aliphatic hydroxyl groups excluding tert-OH is 1. The number of allylic oxidation sites excluding steroid dienone is 1. The van der Waals surface area contributed by atoms with Crippen molar-refractivity contribution in [2.75, 3.05) is 13.2 Å². The maximum atomic E-state index is 13.3. The predicted octanol–water partition coefficient (Wildman–Crippen LogP) is 2.85. The van der Waals surface area contributed by atoms with Crippen LogP contribution in [0.5, 0.6) is 0 Å². The molecule has 0 radical (unpaired) electrons. The number of amides is 1. The van der Waals surface area contributed by atoms with E-state index in [1.165, 1.54) is 12.1 Å². The van der Waals surface area contributed by atoms with Gasteiger partial charge in [0, 0.05) is 31.1 Å². The number of carbonyl (C=O) groups excluding carboxylic acids is 1. The maximum Gasteiger partial charge on any atom is 0.286 e. The molecule has 0 aromatic heterocycles. The second-order valence-electron chi connectivity index (χ2n) is 6.83. The zero-order valence-corrected chi connectivity index (χ0v) is 15.0. The number of rotatable bonds is 8. The van der Waals surface area contributed by atoms with Gasteiger partial charge < -0.3 is 19.9 Å². The van der Waals surface area contributed by atoms with Gasteiger partial charge in [-0.15, -0.1) is 0 Å². The van der Waals surface area contributed by atoms with Crippen LogP contribution in [-0.4, -0.2) is 36.6 Å². The molecule has 3 rings (SSSR count). The highest BCUT2D eigenvalue weighted by molar-refractivity contribution is 5.92. The van der Waals surface area contributed by atoms with Crippen LogP contribution in [0, 0.1) is 11.7 Å². The number of aliphatic hydroxyl groups is 1. The minimum atomic E-state index is -0.577. The van der Waals surface area contributed by atoms with Crippen molar-refractivity contribution in [1.29, 1.82) is 0 Å². The van der Waals surface area contributed by atoms with E-state index in [4.69, 9.17) is 9.47 Å². The minimum absolute atomic E-state index is 0.0648. The average Bonchev–Trinajstić information content (AvgIpc) is 3.45. The van der Waals surface area contributed by atoms with Crippen LogP contribution in [0.15, 0.2) is 36.1 Å². The largest absolute Gasteiger partial charge is 0.459 e. The van der Waals surface area contributed by atoms with E-state index in [1.54, 1.807) is 12.1 Å². The van der Waals surface area contributed by atoms with Gasteiger partial charge in [-0.1, -0.05) is 12.1 Å². The van der Waals surface area contributed by atoms with Crippen LogP contribution >= 0.6 is 0 Å². The molecule has 1 aromatic carbocycles. The van der Waals surface area contributed by atoms with Crippen molar-refractivity contribution in [3.63, 3.8) is 0 Å². The number of benzene rings is 1. The predicted molar refractivity (Wildman–Crippen MR) is 94.7 cm³/mol. The Morgan fingerprint density at radius 2 is 2.08 bits per heavy atom. The van der Waals surface area contributed by atoms with Crippen LogP contribution < -0.4 is 5.32 Å². The molecule has 0 spiro atoms. The Kier molecular flexibility index (Phi) is 6.27. The lowest BCUT2D eigenvalue weighted by Crippen LogP contribution is -2.39. The average molecular weight is 363 g/mol.